The van der Waals surface area contributed by atoms with Crippen molar-refractivity contribution < 1.29 is 18.0 Å². The van der Waals surface area contributed by atoms with Gasteiger partial charge in [0.2, 0.25) is 0 Å². The van der Waals surface area contributed by atoms with E-state index < -0.39 is 28.8 Å². The van der Waals surface area contributed by atoms with Crippen molar-refractivity contribution in [2.75, 3.05) is 0 Å². The zero-order valence-corrected chi connectivity index (χ0v) is 9.03. The van der Waals surface area contributed by atoms with Gasteiger partial charge in [0.15, 0.2) is 5.78 Å². The molecule has 0 aliphatic rings. The standard InChI is InChI=1S/C12H13F3O/c1-2-3-4-5-11(16)12-9(14)6-8(13)7-10(12)15/h6-7H,2-5H2,1H3. The minimum atomic E-state index is -1.13. The monoisotopic (exact) mass is 230 g/mol. The van der Waals surface area contributed by atoms with Crippen LogP contribution < -0.4 is 0 Å². The Morgan fingerprint density at radius 3 is 2.19 bits per heavy atom. The summed E-state index contributed by atoms with van der Waals surface area (Å²) in [5, 5.41) is 0. The van der Waals surface area contributed by atoms with E-state index in [1.165, 1.54) is 0 Å². The average molecular weight is 230 g/mol. The maximum Gasteiger partial charge on any atom is 0.168 e. The molecule has 1 nitrogen and oxygen atoms in total. The highest BCUT2D eigenvalue weighted by molar-refractivity contribution is 5.96. The fraction of sp³-hybridized carbons (Fsp3) is 0.417. The van der Waals surface area contributed by atoms with E-state index in [1.807, 2.05) is 6.92 Å². The molecule has 0 amide bonds. The van der Waals surface area contributed by atoms with Gasteiger partial charge in [-0.15, -0.1) is 0 Å². The summed E-state index contributed by atoms with van der Waals surface area (Å²) in [5.74, 6) is -3.87. The van der Waals surface area contributed by atoms with Crippen LogP contribution in [0.1, 0.15) is 43.0 Å². The largest absolute Gasteiger partial charge is 0.294 e. The zero-order valence-electron chi connectivity index (χ0n) is 9.03. The van der Waals surface area contributed by atoms with Crippen molar-refractivity contribution >= 4 is 5.78 Å². The first-order valence-corrected chi connectivity index (χ1v) is 5.24. The number of ketones is 1. The lowest BCUT2D eigenvalue weighted by molar-refractivity contribution is 0.0971. The van der Waals surface area contributed by atoms with E-state index in [9.17, 15) is 18.0 Å². The number of benzene rings is 1. The minimum Gasteiger partial charge on any atom is -0.294 e. The van der Waals surface area contributed by atoms with Crippen molar-refractivity contribution in [2.24, 2.45) is 0 Å². The molecule has 0 aliphatic carbocycles. The third-order valence-corrected chi connectivity index (χ3v) is 2.29. The number of Topliss-reactive ketones (excluding diaryl/α,β-unsaturated/α-hetero) is 1. The van der Waals surface area contributed by atoms with Crippen LogP contribution >= 0.6 is 0 Å². The van der Waals surface area contributed by atoms with E-state index >= 15 is 0 Å². The third-order valence-electron chi connectivity index (χ3n) is 2.29. The molecule has 0 unspecified atom stereocenters. The topological polar surface area (TPSA) is 17.1 Å². The van der Waals surface area contributed by atoms with Crippen LogP contribution in [-0.4, -0.2) is 5.78 Å². The van der Waals surface area contributed by atoms with Crippen molar-refractivity contribution in [3.05, 3.63) is 35.1 Å². The molecule has 1 aromatic rings. The first kappa shape index (κ1) is 12.7. The maximum atomic E-state index is 13.2. The van der Waals surface area contributed by atoms with Gasteiger partial charge in [-0.25, -0.2) is 13.2 Å². The number of carbonyl (C=O) groups is 1. The lowest BCUT2D eigenvalue weighted by Gasteiger charge is -2.04. The summed E-state index contributed by atoms with van der Waals surface area (Å²) in [4.78, 5) is 11.5. The number of hydrogen-bond acceptors (Lipinski definition) is 1. The van der Waals surface area contributed by atoms with E-state index in [0.717, 1.165) is 12.8 Å². The van der Waals surface area contributed by atoms with Gasteiger partial charge in [-0.2, -0.15) is 0 Å². The second-order valence-corrected chi connectivity index (χ2v) is 3.62. The molecule has 0 radical (unpaired) electrons. The quantitative estimate of drug-likeness (QED) is 0.554. The molecule has 0 saturated heterocycles. The molecular formula is C12H13F3O. The molecule has 0 atom stereocenters. The molecule has 0 heterocycles. The Bertz CT molecular complexity index is 365. The number of unbranched alkanes of at least 4 members (excludes halogenated alkanes) is 2. The molecule has 0 bridgehead atoms. The molecule has 0 N–H and O–H groups in total. The second-order valence-electron chi connectivity index (χ2n) is 3.62. The fourth-order valence-electron chi connectivity index (χ4n) is 1.47. The van der Waals surface area contributed by atoms with E-state index in [1.54, 1.807) is 0 Å². The van der Waals surface area contributed by atoms with Crippen LogP contribution in [0.4, 0.5) is 13.2 Å². The fourth-order valence-corrected chi connectivity index (χ4v) is 1.47. The van der Waals surface area contributed by atoms with Crippen LogP contribution in [0.2, 0.25) is 0 Å². The smallest absolute Gasteiger partial charge is 0.168 e. The summed E-state index contributed by atoms with van der Waals surface area (Å²) >= 11 is 0. The molecule has 0 fully saturated rings. The predicted molar refractivity (Wildman–Crippen MR) is 54.8 cm³/mol. The van der Waals surface area contributed by atoms with Gasteiger partial charge in [0.1, 0.15) is 17.5 Å². The minimum absolute atomic E-state index is 0.0906. The second kappa shape index (κ2) is 5.68. The highest BCUT2D eigenvalue weighted by atomic mass is 19.1. The lowest BCUT2D eigenvalue weighted by Crippen LogP contribution is -2.06. The number of carbonyl (C=O) groups excluding carboxylic acids is 1. The highest BCUT2D eigenvalue weighted by Gasteiger charge is 2.18. The van der Waals surface area contributed by atoms with Crippen molar-refractivity contribution in [3.63, 3.8) is 0 Å². The van der Waals surface area contributed by atoms with Crippen molar-refractivity contribution in [2.45, 2.75) is 32.6 Å². The van der Waals surface area contributed by atoms with Crippen LogP contribution in [0.25, 0.3) is 0 Å². The third kappa shape index (κ3) is 3.08. The maximum absolute atomic E-state index is 13.2. The molecule has 1 aromatic carbocycles. The Morgan fingerprint density at radius 1 is 1.12 bits per heavy atom. The molecule has 0 saturated carbocycles. The van der Waals surface area contributed by atoms with Gasteiger partial charge < -0.3 is 0 Å². The molecule has 16 heavy (non-hydrogen) atoms. The van der Waals surface area contributed by atoms with Crippen LogP contribution in [0.15, 0.2) is 12.1 Å². The number of halogens is 3. The molecule has 0 spiro atoms. The molecule has 0 aliphatic heterocycles. The van der Waals surface area contributed by atoms with Crippen LogP contribution in [0.3, 0.4) is 0 Å². The zero-order chi connectivity index (χ0) is 12.1. The highest BCUT2D eigenvalue weighted by Crippen LogP contribution is 2.17. The number of rotatable bonds is 5. The predicted octanol–water partition coefficient (Wildman–Crippen LogP) is 3.87. The summed E-state index contributed by atoms with van der Waals surface area (Å²) in [6.07, 6.45) is 2.43. The van der Waals surface area contributed by atoms with Crippen molar-refractivity contribution in [1.29, 1.82) is 0 Å². The SMILES string of the molecule is CCCCCC(=O)c1c(F)cc(F)cc1F. The van der Waals surface area contributed by atoms with Crippen LogP contribution in [0, 0.1) is 17.5 Å². The van der Waals surface area contributed by atoms with Crippen LogP contribution in [-0.2, 0) is 0 Å². The lowest BCUT2D eigenvalue weighted by atomic mass is 10.0. The summed E-state index contributed by atoms with van der Waals surface area (Å²) in [6, 6.07) is 1.05. The normalized spacial score (nSPS) is 10.5. The first-order chi connectivity index (χ1) is 7.56. The Kier molecular flexibility index (Phi) is 4.52. The summed E-state index contributed by atoms with van der Waals surface area (Å²) in [6.45, 7) is 1.96. The molecule has 4 heteroatoms. The molecule has 88 valence electrons. The van der Waals surface area contributed by atoms with E-state index in [4.69, 9.17) is 0 Å². The molecule has 1 rings (SSSR count). The van der Waals surface area contributed by atoms with Gasteiger partial charge >= 0.3 is 0 Å². The Balaban J connectivity index is 2.83. The summed E-state index contributed by atoms with van der Waals surface area (Å²) in [5.41, 5.74) is -0.627. The van der Waals surface area contributed by atoms with Gasteiger partial charge in [-0.1, -0.05) is 19.8 Å². The van der Waals surface area contributed by atoms with Gasteiger partial charge in [-0.05, 0) is 6.42 Å². The summed E-state index contributed by atoms with van der Waals surface area (Å²) in [7, 11) is 0. The Labute approximate surface area is 92.3 Å². The average Bonchev–Trinajstić information content (AvgIpc) is 2.16. The first-order valence-electron chi connectivity index (χ1n) is 5.24. The van der Waals surface area contributed by atoms with Crippen LogP contribution in [0.5, 0.6) is 0 Å². The van der Waals surface area contributed by atoms with E-state index in [2.05, 4.69) is 0 Å². The van der Waals surface area contributed by atoms with Gasteiger partial charge in [0, 0.05) is 18.6 Å². The van der Waals surface area contributed by atoms with Crippen molar-refractivity contribution in [1.82, 2.24) is 0 Å². The molecular weight excluding hydrogens is 217 g/mol. The van der Waals surface area contributed by atoms with Crippen molar-refractivity contribution in [3.8, 4) is 0 Å². The van der Waals surface area contributed by atoms with Gasteiger partial charge in [-0.3, -0.25) is 4.79 Å². The van der Waals surface area contributed by atoms with Gasteiger partial charge in [0.25, 0.3) is 0 Å². The Morgan fingerprint density at radius 2 is 1.69 bits per heavy atom. The van der Waals surface area contributed by atoms with Gasteiger partial charge in [0.05, 0.1) is 5.56 Å². The number of hydrogen-bond donors (Lipinski definition) is 0. The van der Waals surface area contributed by atoms with E-state index in [-0.39, 0.29) is 6.42 Å². The summed E-state index contributed by atoms with van der Waals surface area (Å²) < 4.78 is 38.9. The molecule has 0 aromatic heterocycles. The van der Waals surface area contributed by atoms with E-state index in [0.29, 0.717) is 18.6 Å². The Hall–Kier alpha value is -1.32.